The molecule has 0 aliphatic carbocycles. The van der Waals surface area contributed by atoms with E-state index >= 15 is 0 Å². The van der Waals surface area contributed by atoms with E-state index in [9.17, 15) is 14.4 Å². The van der Waals surface area contributed by atoms with Crippen LogP contribution in [0.5, 0.6) is 5.75 Å². The second kappa shape index (κ2) is 7.39. The van der Waals surface area contributed by atoms with Gasteiger partial charge in [0.25, 0.3) is 11.8 Å². The number of hydrogen-bond donors (Lipinski definition) is 1. The molecule has 1 heterocycles. The maximum Gasteiger partial charge on any atom is 0.261 e. The Balaban J connectivity index is 1.60. The summed E-state index contributed by atoms with van der Waals surface area (Å²) in [5, 5.41) is 2.88. The lowest BCUT2D eigenvalue weighted by molar-refractivity contribution is -0.121. The molecule has 6 nitrogen and oxygen atoms in total. The molecule has 6 heteroatoms. The Morgan fingerprint density at radius 3 is 2.23 bits per heavy atom. The third-order valence-electron chi connectivity index (χ3n) is 4.42. The van der Waals surface area contributed by atoms with Crippen LogP contribution in [-0.4, -0.2) is 36.3 Å². The first-order chi connectivity index (χ1) is 12.5. The average Bonchev–Trinajstić information content (AvgIpc) is 2.90. The number of para-hydroxylation sites is 1. The summed E-state index contributed by atoms with van der Waals surface area (Å²) in [5.74, 6) is -0.243. The van der Waals surface area contributed by atoms with Crippen LogP contribution >= 0.6 is 0 Å². The van der Waals surface area contributed by atoms with Crippen LogP contribution in [0.2, 0.25) is 0 Å². The third kappa shape index (κ3) is 3.31. The van der Waals surface area contributed by atoms with E-state index in [0.29, 0.717) is 16.9 Å². The maximum absolute atomic E-state index is 12.3. The van der Waals surface area contributed by atoms with Gasteiger partial charge in [0.1, 0.15) is 5.75 Å². The van der Waals surface area contributed by atoms with Gasteiger partial charge in [-0.3, -0.25) is 19.3 Å². The molecule has 2 aromatic carbocycles. The lowest BCUT2D eigenvalue weighted by Gasteiger charge is -2.18. The van der Waals surface area contributed by atoms with Gasteiger partial charge in [-0.15, -0.1) is 0 Å². The van der Waals surface area contributed by atoms with Crippen molar-refractivity contribution < 1.29 is 19.1 Å². The molecule has 1 aliphatic heterocycles. The number of nitrogens with zero attached hydrogens (tertiary/aromatic N) is 1. The van der Waals surface area contributed by atoms with Crippen molar-refractivity contribution in [2.24, 2.45) is 0 Å². The summed E-state index contributed by atoms with van der Waals surface area (Å²) in [6.45, 7) is 1.91. The number of fused-ring (bicyclic) bond motifs is 1. The van der Waals surface area contributed by atoms with Gasteiger partial charge in [-0.2, -0.15) is 0 Å². The van der Waals surface area contributed by atoms with Gasteiger partial charge in [-0.1, -0.05) is 30.3 Å². The molecule has 1 N–H and O–H groups in total. The highest BCUT2D eigenvalue weighted by molar-refractivity contribution is 6.21. The second-order valence-corrected chi connectivity index (χ2v) is 6.09. The van der Waals surface area contributed by atoms with E-state index < -0.39 is 0 Å². The SMILES string of the molecule is COc1ccccc1C(C)NC(=O)CCN1C(=O)c2ccccc2C1=O. The second-order valence-electron chi connectivity index (χ2n) is 6.09. The Morgan fingerprint density at radius 2 is 1.62 bits per heavy atom. The van der Waals surface area contributed by atoms with Gasteiger partial charge in [0.05, 0.1) is 24.3 Å². The van der Waals surface area contributed by atoms with Crippen LogP contribution in [0.15, 0.2) is 48.5 Å². The molecule has 3 rings (SSSR count). The number of hydrogen-bond acceptors (Lipinski definition) is 4. The van der Waals surface area contributed by atoms with E-state index in [1.165, 1.54) is 0 Å². The standard InChI is InChI=1S/C20H20N2O4/c1-13(14-7-5-6-10-17(14)26-2)21-18(23)11-12-22-19(24)15-8-3-4-9-16(15)20(22)25/h3-10,13H,11-12H2,1-2H3,(H,21,23). The summed E-state index contributed by atoms with van der Waals surface area (Å²) in [4.78, 5) is 38.0. The lowest BCUT2D eigenvalue weighted by Crippen LogP contribution is -2.35. The number of carbonyl (C=O) groups excluding carboxylic acids is 3. The summed E-state index contributed by atoms with van der Waals surface area (Å²) in [5.41, 5.74) is 1.64. The molecule has 26 heavy (non-hydrogen) atoms. The Morgan fingerprint density at radius 1 is 1.04 bits per heavy atom. The molecule has 0 saturated heterocycles. The largest absolute Gasteiger partial charge is 0.496 e. The van der Waals surface area contributed by atoms with Gasteiger partial charge >= 0.3 is 0 Å². The molecule has 0 aromatic heterocycles. The summed E-state index contributed by atoms with van der Waals surface area (Å²) >= 11 is 0. The maximum atomic E-state index is 12.3. The molecule has 0 bridgehead atoms. The molecule has 3 amide bonds. The number of imide groups is 1. The Hall–Kier alpha value is -3.15. The number of methoxy groups -OCH3 is 1. The van der Waals surface area contributed by atoms with Crippen molar-refractivity contribution in [2.75, 3.05) is 13.7 Å². The van der Waals surface area contributed by atoms with Crippen LogP contribution in [0.4, 0.5) is 0 Å². The van der Waals surface area contributed by atoms with Crippen molar-refractivity contribution in [1.29, 1.82) is 0 Å². The zero-order valence-electron chi connectivity index (χ0n) is 14.7. The van der Waals surface area contributed by atoms with Crippen LogP contribution in [0.3, 0.4) is 0 Å². The molecule has 0 spiro atoms. The van der Waals surface area contributed by atoms with E-state index in [0.717, 1.165) is 10.5 Å². The van der Waals surface area contributed by atoms with E-state index in [1.54, 1.807) is 31.4 Å². The minimum absolute atomic E-state index is 0.0466. The van der Waals surface area contributed by atoms with E-state index in [1.807, 2.05) is 31.2 Å². The smallest absolute Gasteiger partial charge is 0.261 e. The van der Waals surface area contributed by atoms with Crippen LogP contribution in [0, 0.1) is 0 Å². The number of rotatable bonds is 6. The van der Waals surface area contributed by atoms with Crippen LogP contribution in [0.25, 0.3) is 0 Å². The van der Waals surface area contributed by atoms with Crippen molar-refractivity contribution in [2.45, 2.75) is 19.4 Å². The lowest BCUT2D eigenvalue weighted by atomic mass is 10.1. The molecule has 0 radical (unpaired) electrons. The molecular formula is C20H20N2O4. The summed E-state index contributed by atoms with van der Waals surface area (Å²) < 4.78 is 5.30. The van der Waals surface area contributed by atoms with Crippen LogP contribution < -0.4 is 10.1 Å². The number of ether oxygens (including phenoxy) is 1. The normalized spacial score (nSPS) is 14.2. The quantitative estimate of drug-likeness (QED) is 0.811. The molecule has 0 saturated carbocycles. The van der Waals surface area contributed by atoms with Crippen molar-refractivity contribution in [3.8, 4) is 5.75 Å². The number of benzene rings is 2. The van der Waals surface area contributed by atoms with E-state index in [-0.39, 0.29) is 36.7 Å². The Kier molecular flexibility index (Phi) is 5.02. The summed E-state index contributed by atoms with van der Waals surface area (Å²) in [6, 6.07) is 13.9. The van der Waals surface area contributed by atoms with Crippen LogP contribution in [0.1, 0.15) is 45.7 Å². The zero-order valence-corrected chi connectivity index (χ0v) is 14.7. The van der Waals surface area contributed by atoms with Crippen molar-refractivity contribution in [3.05, 3.63) is 65.2 Å². The molecule has 134 valence electrons. The van der Waals surface area contributed by atoms with Gasteiger partial charge in [0.2, 0.25) is 5.91 Å². The Bertz CT molecular complexity index is 827. The predicted octanol–water partition coefficient (Wildman–Crippen LogP) is 2.56. The zero-order chi connectivity index (χ0) is 18.7. The van der Waals surface area contributed by atoms with E-state index in [2.05, 4.69) is 5.32 Å². The highest BCUT2D eigenvalue weighted by atomic mass is 16.5. The van der Waals surface area contributed by atoms with Gasteiger partial charge in [0, 0.05) is 18.5 Å². The molecule has 1 aliphatic rings. The van der Waals surface area contributed by atoms with Crippen LogP contribution in [-0.2, 0) is 4.79 Å². The fourth-order valence-corrected chi connectivity index (χ4v) is 3.07. The first-order valence-corrected chi connectivity index (χ1v) is 8.40. The first-order valence-electron chi connectivity index (χ1n) is 8.40. The van der Waals surface area contributed by atoms with Gasteiger partial charge in [-0.05, 0) is 25.1 Å². The van der Waals surface area contributed by atoms with Gasteiger partial charge in [-0.25, -0.2) is 0 Å². The van der Waals surface area contributed by atoms with Crippen molar-refractivity contribution >= 4 is 17.7 Å². The average molecular weight is 352 g/mol. The summed E-state index contributed by atoms with van der Waals surface area (Å²) in [7, 11) is 1.58. The monoisotopic (exact) mass is 352 g/mol. The first kappa shape index (κ1) is 17.7. The third-order valence-corrected chi connectivity index (χ3v) is 4.42. The highest BCUT2D eigenvalue weighted by Crippen LogP contribution is 2.25. The van der Waals surface area contributed by atoms with E-state index in [4.69, 9.17) is 4.74 Å². The fourth-order valence-electron chi connectivity index (χ4n) is 3.07. The van der Waals surface area contributed by atoms with Gasteiger partial charge in [0.15, 0.2) is 0 Å². The highest BCUT2D eigenvalue weighted by Gasteiger charge is 2.35. The Labute approximate surface area is 151 Å². The number of amides is 3. The molecule has 2 aromatic rings. The molecule has 1 atom stereocenters. The number of nitrogens with one attached hydrogen (secondary N) is 1. The summed E-state index contributed by atoms with van der Waals surface area (Å²) in [6.07, 6.45) is 0.0466. The van der Waals surface area contributed by atoms with Crippen molar-refractivity contribution in [3.63, 3.8) is 0 Å². The molecular weight excluding hydrogens is 332 g/mol. The predicted molar refractivity (Wildman–Crippen MR) is 96.0 cm³/mol. The van der Waals surface area contributed by atoms with Gasteiger partial charge < -0.3 is 10.1 Å². The molecule has 1 unspecified atom stereocenters. The number of carbonyl (C=O) groups is 3. The fraction of sp³-hybridized carbons (Fsp3) is 0.250. The minimum atomic E-state index is -0.351. The molecule has 0 fully saturated rings. The van der Waals surface area contributed by atoms with Crippen molar-refractivity contribution in [1.82, 2.24) is 10.2 Å². The minimum Gasteiger partial charge on any atom is -0.496 e. The topological polar surface area (TPSA) is 75.7 Å².